The van der Waals surface area contributed by atoms with Crippen molar-refractivity contribution in [2.75, 3.05) is 0 Å². The molecule has 2 aromatic carbocycles. The van der Waals surface area contributed by atoms with Crippen LogP contribution in [-0.2, 0) is 22.4 Å². The molecule has 4 nitrogen and oxygen atoms in total. The molecule has 0 aromatic heterocycles. The Labute approximate surface area is 148 Å². The molecule has 0 unspecified atom stereocenters. The van der Waals surface area contributed by atoms with Gasteiger partial charge in [0, 0.05) is 16.5 Å². The Bertz CT molecular complexity index is 767. The van der Waals surface area contributed by atoms with Gasteiger partial charge in [0.05, 0.1) is 6.42 Å². The molecule has 1 amide bonds. The van der Waals surface area contributed by atoms with Gasteiger partial charge in [-0.05, 0) is 35.4 Å². The molecule has 0 saturated carbocycles. The number of benzene rings is 2. The van der Waals surface area contributed by atoms with E-state index in [2.05, 4.69) is 5.32 Å². The second-order valence-corrected chi connectivity index (χ2v) is 6.05. The average molecular weight is 370 g/mol. The van der Waals surface area contributed by atoms with Gasteiger partial charge < -0.3 is 10.4 Å². The van der Waals surface area contributed by atoms with Gasteiger partial charge in [0.25, 0.3) is 0 Å². The Kier molecular flexibility index (Phi) is 6.17. The second kappa shape index (κ2) is 8.13. The molecule has 126 valence electrons. The summed E-state index contributed by atoms with van der Waals surface area (Å²) < 4.78 is 13.1. The average Bonchev–Trinajstić information content (AvgIpc) is 2.48. The van der Waals surface area contributed by atoms with E-state index in [1.807, 2.05) is 0 Å². The first-order valence-corrected chi connectivity index (χ1v) is 7.81. The molecule has 0 aliphatic heterocycles. The topological polar surface area (TPSA) is 66.4 Å². The number of carbonyl (C=O) groups excluding carboxylic acids is 1. The lowest BCUT2D eigenvalue weighted by Gasteiger charge is -2.15. The van der Waals surface area contributed by atoms with Crippen LogP contribution in [-0.4, -0.2) is 23.0 Å². The number of hydrogen-bond acceptors (Lipinski definition) is 2. The van der Waals surface area contributed by atoms with Crippen molar-refractivity contribution in [2.24, 2.45) is 0 Å². The minimum Gasteiger partial charge on any atom is -0.480 e. The van der Waals surface area contributed by atoms with Crippen molar-refractivity contribution in [1.82, 2.24) is 5.32 Å². The summed E-state index contributed by atoms with van der Waals surface area (Å²) >= 11 is 11.8. The molecule has 2 N–H and O–H groups in total. The molecule has 0 saturated heterocycles. The van der Waals surface area contributed by atoms with E-state index in [1.165, 1.54) is 24.3 Å². The number of amides is 1. The Morgan fingerprint density at radius 2 is 1.92 bits per heavy atom. The minimum atomic E-state index is -1.19. The molecule has 2 aromatic rings. The summed E-state index contributed by atoms with van der Waals surface area (Å²) in [5.41, 5.74) is 1.01. The van der Waals surface area contributed by atoms with Crippen molar-refractivity contribution in [3.05, 3.63) is 69.5 Å². The Balaban J connectivity index is 2.05. The lowest BCUT2D eigenvalue weighted by atomic mass is 10.1. The van der Waals surface area contributed by atoms with Crippen LogP contribution < -0.4 is 5.32 Å². The van der Waals surface area contributed by atoms with Crippen LogP contribution in [0.15, 0.2) is 42.5 Å². The molecule has 0 aliphatic rings. The van der Waals surface area contributed by atoms with Crippen LogP contribution in [0.25, 0.3) is 0 Å². The molecular weight excluding hydrogens is 356 g/mol. The van der Waals surface area contributed by atoms with Crippen LogP contribution in [0.5, 0.6) is 0 Å². The predicted octanol–water partition coefficient (Wildman–Crippen LogP) is 3.49. The summed E-state index contributed by atoms with van der Waals surface area (Å²) in [5, 5.41) is 12.5. The van der Waals surface area contributed by atoms with E-state index >= 15 is 0 Å². The van der Waals surface area contributed by atoms with E-state index in [1.54, 1.807) is 18.2 Å². The number of aliphatic carboxylic acids is 1. The molecule has 0 spiro atoms. The monoisotopic (exact) mass is 369 g/mol. The third kappa shape index (κ3) is 5.22. The van der Waals surface area contributed by atoms with Gasteiger partial charge in [-0.25, -0.2) is 9.18 Å². The molecule has 2 rings (SSSR count). The zero-order chi connectivity index (χ0) is 17.7. The van der Waals surface area contributed by atoms with E-state index in [-0.39, 0.29) is 12.8 Å². The molecular formula is C17H14Cl2FNO3. The number of nitrogens with one attached hydrogen (secondary N) is 1. The van der Waals surface area contributed by atoms with Gasteiger partial charge in [-0.3, -0.25) is 4.79 Å². The quantitative estimate of drug-likeness (QED) is 0.818. The number of carboxylic acids is 1. The summed E-state index contributed by atoms with van der Waals surface area (Å²) in [6.07, 6.45) is -0.101. The highest BCUT2D eigenvalue weighted by atomic mass is 35.5. The Hall–Kier alpha value is -2.11. The van der Waals surface area contributed by atoms with Gasteiger partial charge in [-0.1, -0.05) is 41.4 Å². The largest absolute Gasteiger partial charge is 0.480 e. The standard InChI is InChI=1S/C17H14Cl2FNO3/c18-12-5-4-11(14(19)9-12)8-15(17(23)24)21-16(22)7-10-2-1-3-13(20)6-10/h1-6,9,15H,7-8H2,(H,21,22)(H,23,24)/t15-/m0/s1. The van der Waals surface area contributed by atoms with Crippen molar-refractivity contribution in [1.29, 1.82) is 0 Å². The molecule has 0 heterocycles. The maximum absolute atomic E-state index is 13.1. The summed E-state index contributed by atoms with van der Waals surface area (Å²) in [6.45, 7) is 0. The van der Waals surface area contributed by atoms with E-state index in [0.29, 0.717) is 21.2 Å². The molecule has 7 heteroatoms. The number of carbonyl (C=O) groups is 2. The van der Waals surface area contributed by atoms with Crippen LogP contribution >= 0.6 is 23.2 Å². The first-order chi connectivity index (χ1) is 11.3. The van der Waals surface area contributed by atoms with Crippen LogP contribution in [0.4, 0.5) is 4.39 Å². The number of hydrogen-bond donors (Lipinski definition) is 2. The van der Waals surface area contributed by atoms with Gasteiger partial charge in [-0.15, -0.1) is 0 Å². The molecule has 0 fully saturated rings. The van der Waals surface area contributed by atoms with Crippen LogP contribution in [0, 0.1) is 5.82 Å². The van der Waals surface area contributed by atoms with E-state index < -0.39 is 23.7 Å². The zero-order valence-corrected chi connectivity index (χ0v) is 13.9. The van der Waals surface area contributed by atoms with Gasteiger partial charge >= 0.3 is 5.97 Å². The third-order valence-corrected chi connectivity index (χ3v) is 3.91. The van der Waals surface area contributed by atoms with Gasteiger partial charge in [0.2, 0.25) is 5.91 Å². The SMILES string of the molecule is O=C(Cc1cccc(F)c1)N[C@@H](Cc1ccc(Cl)cc1Cl)C(=O)O. The molecule has 1 atom stereocenters. The third-order valence-electron chi connectivity index (χ3n) is 3.33. The summed E-state index contributed by atoms with van der Waals surface area (Å²) in [6, 6.07) is 9.13. The molecule has 24 heavy (non-hydrogen) atoms. The lowest BCUT2D eigenvalue weighted by Crippen LogP contribution is -2.43. The fourth-order valence-corrected chi connectivity index (χ4v) is 2.67. The number of carboxylic acid groups (broad SMARTS) is 1. The maximum atomic E-state index is 13.1. The maximum Gasteiger partial charge on any atom is 0.326 e. The normalized spacial score (nSPS) is 11.8. The molecule has 0 aliphatic carbocycles. The fourth-order valence-electron chi connectivity index (χ4n) is 2.18. The van der Waals surface area contributed by atoms with Gasteiger partial charge in [-0.2, -0.15) is 0 Å². The smallest absolute Gasteiger partial charge is 0.326 e. The fraction of sp³-hybridized carbons (Fsp3) is 0.176. The van der Waals surface area contributed by atoms with Crippen LogP contribution in [0.3, 0.4) is 0 Å². The first kappa shape index (κ1) is 18.2. The highest BCUT2D eigenvalue weighted by molar-refractivity contribution is 6.35. The van der Waals surface area contributed by atoms with Crippen LogP contribution in [0.2, 0.25) is 10.0 Å². The van der Waals surface area contributed by atoms with Gasteiger partial charge in [0.15, 0.2) is 0 Å². The van der Waals surface area contributed by atoms with Gasteiger partial charge in [0.1, 0.15) is 11.9 Å². The minimum absolute atomic E-state index is 0.0141. The highest BCUT2D eigenvalue weighted by Gasteiger charge is 2.21. The second-order valence-electron chi connectivity index (χ2n) is 5.20. The summed E-state index contributed by atoms with van der Waals surface area (Å²) in [7, 11) is 0. The van der Waals surface area contributed by atoms with Crippen molar-refractivity contribution in [3.8, 4) is 0 Å². The molecule has 0 bridgehead atoms. The van der Waals surface area contributed by atoms with E-state index in [9.17, 15) is 19.1 Å². The summed E-state index contributed by atoms with van der Waals surface area (Å²) in [5.74, 6) is -2.16. The molecule has 0 radical (unpaired) electrons. The van der Waals surface area contributed by atoms with Crippen LogP contribution in [0.1, 0.15) is 11.1 Å². The first-order valence-electron chi connectivity index (χ1n) is 7.05. The van der Waals surface area contributed by atoms with E-state index in [4.69, 9.17) is 23.2 Å². The highest BCUT2D eigenvalue weighted by Crippen LogP contribution is 2.22. The van der Waals surface area contributed by atoms with Crippen molar-refractivity contribution < 1.29 is 19.1 Å². The predicted molar refractivity (Wildman–Crippen MR) is 89.8 cm³/mol. The van der Waals surface area contributed by atoms with Crippen molar-refractivity contribution >= 4 is 35.1 Å². The number of rotatable bonds is 6. The van der Waals surface area contributed by atoms with Crippen molar-refractivity contribution in [2.45, 2.75) is 18.9 Å². The van der Waals surface area contributed by atoms with Crippen molar-refractivity contribution in [3.63, 3.8) is 0 Å². The van der Waals surface area contributed by atoms with E-state index in [0.717, 1.165) is 0 Å². The summed E-state index contributed by atoms with van der Waals surface area (Å²) in [4.78, 5) is 23.4. The Morgan fingerprint density at radius 1 is 1.17 bits per heavy atom. The lowest BCUT2D eigenvalue weighted by molar-refractivity contribution is -0.141. The zero-order valence-electron chi connectivity index (χ0n) is 12.4. The number of halogens is 3. The Morgan fingerprint density at radius 3 is 2.54 bits per heavy atom.